The zero-order chi connectivity index (χ0) is 16.3. The van der Waals surface area contributed by atoms with Gasteiger partial charge >= 0.3 is 0 Å². The largest absolute Gasteiger partial charge is 0.495 e. The monoisotopic (exact) mass is 324 g/mol. The van der Waals surface area contributed by atoms with Gasteiger partial charge in [-0.2, -0.15) is 0 Å². The Balaban J connectivity index is 2.16. The minimum atomic E-state index is -1.14. The number of ether oxygens (including phenoxy) is 1. The lowest BCUT2D eigenvalue weighted by Gasteiger charge is -2.28. The lowest BCUT2D eigenvalue weighted by atomic mass is 9.90. The van der Waals surface area contributed by atoms with E-state index >= 15 is 0 Å². The Morgan fingerprint density at radius 3 is 2.50 bits per heavy atom. The highest BCUT2D eigenvalue weighted by Crippen LogP contribution is 2.30. The van der Waals surface area contributed by atoms with Crippen molar-refractivity contribution in [2.24, 2.45) is 5.41 Å². The summed E-state index contributed by atoms with van der Waals surface area (Å²) in [5.74, 6) is -0.0179. The smallest absolute Gasteiger partial charge is 0.239 e. The van der Waals surface area contributed by atoms with E-state index in [1.54, 1.807) is 36.9 Å². The van der Waals surface area contributed by atoms with Crippen LogP contribution in [0.5, 0.6) is 5.75 Å². The van der Waals surface area contributed by atoms with Crippen molar-refractivity contribution in [1.82, 2.24) is 4.90 Å². The molecule has 1 aromatic carbocycles. The summed E-state index contributed by atoms with van der Waals surface area (Å²) in [7, 11) is 1.51. The second-order valence-electron chi connectivity index (χ2n) is 5.92. The molecule has 0 atom stereocenters. The van der Waals surface area contributed by atoms with Gasteiger partial charge in [0.05, 0.1) is 12.8 Å². The molecule has 0 unspecified atom stereocenters. The van der Waals surface area contributed by atoms with Crippen LogP contribution in [-0.4, -0.2) is 36.9 Å². The number of benzene rings is 1. The van der Waals surface area contributed by atoms with Gasteiger partial charge in [0, 0.05) is 18.1 Å². The standard InChI is InChI=1S/C16H21ClN2O3/c1-16(2,15(21)19-8-4-5-9-19)14(20)18-12-10-11(17)6-7-13(12)22-3/h6-7,10H,4-5,8-9H2,1-3H3,(H,18,20). The molecule has 1 aromatic rings. The van der Waals surface area contributed by atoms with Crippen molar-refractivity contribution in [3.8, 4) is 5.75 Å². The lowest BCUT2D eigenvalue weighted by molar-refractivity contribution is -0.145. The molecule has 120 valence electrons. The van der Waals surface area contributed by atoms with Gasteiger partial charge in [0.25, 0.3) is 0 Å². The summed E-state index contributed by atoms with van der Waals surface area (Å²) >= 11 is 5.96. The van der Waals surface area contributed by atoms with Crippen LogP contribution in [0.4, 0.5) is 5.69 Å². The van der Waals surface area contributed by atoms with Gasteiger partial charge in [0.1, 0.15) is 11.2 Å². The summed E-state index contributed by atoms with van der Waals surface area (Å²) in [4.78, 5) is 26.8. The molecule has 0 spiro atoms. The third kappa shape index (κ3) is 3.35. The van der Waals surface area contributed by atoms with Crippen molar-refractivity contribution < 1.29 is 14.3 Å². The topological polar surface area (TPSA) is 58.6 Å². The first-order valence-electron chi connectivity index (χ1n) is 7.30. The van der Waals surface area contributed by atoms with Crippen molar-refractivity contribution >= 4 is 29.1 Å². The van der Waals surface area contributed by atoms with Gasteiger partial charge in [-0.3, -0.25) is 9.59 Å². The van der Waals surface area contributed by atoms with Gasteiger partial charge in [-0.1, -0.05) is 11.6 Å². The van der Waals surface area contributed by atoms with Gasteiger partial charge in [-0.05, 0) is 44.9 Å². The third-order valence-electron chi connectivity index (χ3n) is 3.91. The minimum Gasteiger partial charge on any atom is -0.495 e. The molecular formula is C16H21ClN2O3. The van der Waals surface area contributed by atoms with Crippen LogP contribution < -0.4 is 10.1 Å². The molecule has 1 fully saturated rings. The molecule has 1 aliphatic heterocycles. The molecule has 1 heterocycles. The number of nitrogens with one attached hydrogen (secondary N) is 1. The summed E-state index contributed by atoms with van der Waals surface area (Å²) in [6.07, 6.45) is 1.98. The number of rotatable bonds is 4. The normalized spacial score (nSPS) is 14.8. The van der Waals surface area contributed by atoms with Gasteiger partial charge in [0.15, 0.2) is 0 Å². The van der Waals surface area contributed by atoms with Crippen LogP contribution in [0, 0.1) is 5.41 Å². The maximum atomic E-state index is 12.6. The summed E-state index contributed by atoms with van der Waals surface area (Å²) < 4.78 is 5.21. The molecule has 0 bridgehead atoms. The highest BCUT2D eigenvalue weighted by atomic mass is 35.5. The van der Waals surface area contributed by atoms with Crippen LogP contribution in [0.3, 0.4) is 0 Å². The molecule has 1 saturated heterocycles. The molecule has 6 heteroatoms. The summed E-state index contributed by atoms with van der Waals surface area (Å²) in [5, 5.41) is 3.24. The van der Waals surface area contributed by atoms with E-state index in [1.165, 1.54) is 7.11 Å². The van der Waals surface area contributed by atoms with E-state index in [1.807, 2.05) is 0 Å². The number of methoxy groups -OCH3 is 1. The molecule has 2 rings (SSSR count). The van der Waals surface area contributed by atoms with Crippen LogP contribution in [0.2, 0.25) is 5.02 Å². The van der Waals surface area contributed by atoms with Gasteiger partial charge in [-0.15, -0.1) is 0 Å². The summed E-state index contributed by atoms with van der Waals surface area (Å²) in [6, 6.07) is 4.96. The average Bonchev–Trinajstić information content (AvgIpc) is 3.00. The van der Waals surface area contributed by atoms with Crippen molar-refractivity contribution in [3.05, 3.63) is 23.2 Å². The van der Waals surface area contributed by atoms with Crippen molar-refractivity contribution in [2.45, 2.75) is 26.7 Å². The predicted molar refractivity (Wildman–Crippen MR) is 86.2 cm³/mol. The number of hydrogen-bond acceptors (Lipinski definition) is 3. The Morgan fingerprint density at radius 2 is 1.91 bits per heavy atom. The van der Waals surface area contributed by atoms with Crippen LogP contribution in [0.25, 0.3) is 0 Å². The Hall–Kier alpha value is -1.75. The Morgan fingerprint density at radius 1 is 1.27 bits per heavy atom. The Kier molecular flexibility index (Phi) is 4.96. The quantitative estimate of drug-likeness (QED) is 0.866. The fourth-order valence-corrected chi connectivity index (χ4v) is 2.64. The number of amides is 2. The van der Waals surface area contributed by atoms with Gasteiger partial charge in [0.2, 0.25) is 11.8 Å². The molecule has 1 aliphatic rings. The van der Waals surface area contributed by atoms with Crippen LogP contribution in [-0.2, 0) is 9.59 Å². The predicted octanol–water partition coefficient (Wildman–Crippen LogP) is 2.94. The molecule has 0 radical (unpaired) electrons. The van der Waals surface area contributed by atoms with E-state index < -0.39 is 5.41 Å². The number of anilines is 1. The lowest BCUT2D eigenvalue weighted by Crippen LogP contribution is -2.46. The fourth-order valence-electron chi connectivity index (χ4n) is 2.47. The van der Waals surface area contributed by atoms with Crippen LogP contribution in [0.1, 0.15) is 26.7 Å². The Labute approximate surface area is 135 Å². The zero-order valence-corrected chi connectivity index (χ0v) is 13.9. The zero-order valence-electron chi connectivity index (χ0n) is 13.1. The second-order valence-corrected chi connectivity index (χ2v) is 6.36. The molecule has 22 heavy (non-hydrogen) atoms. The van der Waals surface area contributed by atoms with E-state index in [4.69, 9.17) is 16.3 Å². The molecule has 0 aliphatic carbocycles. The number of carbonyl (C=O) groups is 2. The number of halogens is 1. The number of hydrogen-bond donors (Lipinski definition) is 1. The maximum absolute atomic E-state index is 12.6. The van der Waals surface area contributed by atoms with E-state index in [0.717, 1.165) is 25.9 Å². The fraction of sp³-hybridized carbons (Fsp3) is 0.500. The molecule has 1 N–H and O–H groups in total. The molecule has 5 nitrogen and oxygen atoms in total. The average molecular weight is 325 g/mol. The minimum absolute atomic E-state index is 0.150. The molecule has 0 saturated carbocycles. The van der Waals surface area contributed by atoms with E-state index in [9.17, 15) is 9.59 Å². The van der Waals surface area contributed by atoms with Crippen molar-refractivity contribution in [2.75, 3.05) is 25.5 Å². The number of nitrogens with zero attached hydrogens (tertiary/aromatic N) is 1. The van der Waals surface area contributed by atoms with E-state index in [0.29, 0.717) is 16.5 Å². The van der Waals surface area contributed by atoms with E-state index in [-0.39, 0.29) is 11.8 Å². The van der Waals surface area contributed by atoms with Gasteiger partial charge < -0.3 is 15.0 Å². The first kappa shape index (κ1) is 16.6. The summed E-state index contributed by atoms with van der Waals surface area (Å²) in [6.45, 7) is 4.71. The first-order chi connectivity index (χ1) is 10.4. The third-order valence-corrected chi connectivity index (χ3v) is 4.14. The number of likely N-dealkylation sites (tertiary alicyclic amines) is 1. The van der Waals surface area contributed by atoms with Crippen LogP contribution >= 0.6 is 11.6 Å². The molecule has 0 aromatic heterocycles. The number of carbonyl (C=O) groups excluding carboxylic acids is 2. The Bertz CT molecular complexity index is 581. The second kappa shape index (κ2) is 6.57. The van der Waals surface area contributed by atoms with E-state index in [2.05, 4.69) is 5.32 Å². The highest BCUT2D eigenvalue weighted by molar-refractivity contribution is 6.31. The molecule has 2 amide bonds. The highest BCUT2D eigenvalue weighted by Gasteiger charge is 2.40. The van der Waals surface area contributed by atoms with Crippen molar-refractivity contribution in [1.29, 1.82) is 0 Å². The SMILES string of the molecule is COc1ccc(Cl)cc1NC(=O)C(C)(C)C(=O)N1CCCC1. The molecular weight excluding hydrogens is 304 g/mol. The van der Waals surface area contributed by atoms with Gasteiger partial charge in [-0.25, -0.2) is 0 Å². The van der Waals surface area contributed by atoms with Crippen molar-refractivity contribution in [3.63, 3.8) is 0 Å². The maximum Gasteiger partial charge on any atom is 0.239 e. The summed E-state index contributed by atoms with van der Waals surface area (Å²) in [5.41, 5.74) is -0.681. The first-order valence-corrected chi connectivity index (χ1v) is 7.68. The van der Waals surface area contributed by atoms with Crippen LogP contribution in [0.15, 0.2) is 18.2 Å².